The number of fused-ring (bicyclic) bond motifs is 1. The van der Waals surface area contributed by atoms with Gasteiger partial charge in [-0.3, -0.25) is 0 Å². The van der Waals surface area contributed by atoms with E-state index in [-0.39, 0.29) is 0 Å². The summed E-state index contributed by atoms with van der Waals surface area (Å²) in [6, 6.07) is 16.0. The van der Waals surface area contributed by atoms with Crippen LogP contribution in [0.3, 0.4) is 0 Å². The van der Waals surface area contributed by atoms with E-state index in [4.69, 9.17) is 5.11 Å². The van der Waals surface area contributed by atoms with Crippen molar-refractivity contribution >= 4 is 23.1 Å². The zero-order chi connectivity index (χ0) is 16.1. The quantitative estimate of drug-likeness (QED) is 0.680. The first kappa shape index (κ1) is 15.0. The molecule has 0 aliphatic carbocycles. The van der Waals surface area contributed by atoms with Crippen molar-refractivity contribution in [1.29, 1.82) is 0 Å². The molecule has 116 valence electrons. The van der Waals surface area contributed by atoms with E-state index in [1.807, 2.05) is 48.5 Å². The zero-order valence-corrected chi connectivity index (χ0v) is 12.7. The van der Waals surface area contributed by atoms with Crippen molar-refractivity contribution in [2.75, 3.05) is 0 Å². The number of benzene rings is 2. The Hall–Kier alpha value is -2.88. The molecule has 0 unspecified atom stereocenters. The third-order valence-electron chi connectivity index (χ3n) is 3.72. The minimum Gasteiger partial charge on any atom is -0.478 e. The number of hydrogen-bond acceptors (Lipinski definition) is 2. The highest BCUT2D eigenvalue weighted by Gasteiger charge is 2.02. The highest BCUT2D eigenvalue weighted by atomic mass is 16.4. The molecule has 2 aromatic carbocycles. The Morgan fingerprint density at radius 1 is 1.09 bits per heavy atom. The standard InChI is InChI=1S/C19H18N2O2/c22-19(23)13-12-15-10-8-14(9-11-15)4-3-7-18-20-16-5-1-2-6-17(16)21-18/h1-2,5-6,8-13H,3-4,7H2,(H,20,21)(H,22,23). The van der Waals surface area contributed by atoms with Gasteiger partial charge in [-0.25, -0.2) is 9.78 Å². The molecule has 0 saturated carbocycles. The summed E-state index contributed by atoms with van der Waals surface area (Å²) in [5.41, 5.74) is 4.23. The number of aryl methyl sites for hydroxylation is 2. The second kappa shape index (κ2) is 6.92. The molecule has 0 aliphatic rings. The number of hydrogen-bond donors (Lipinski definition) is 2. The first-order valence-corrected chi connectivity index (χ1v) is 7.64. The van der Waals surface area contributed by atoms with E-state index in [0.29, 0.717) is 0 Å². The van der Waals surface area contributed by atoms with E-state index >= 15 is 0 Å². The molecule has 0 fully saturated rings. The van der Waals surface area contributed by atoms with E-state index in [1.54, 1.807) is 6.08 Å². The fourth-order valence-electron chi connectivity index (χ4n) is 2.55. The van der Waals surface area contributed by atoms with E-state index in [9.17, 15) is 4.79 Å². The average molecular weight is 306 g/mol. The zero-order valence-electron chi connectivity index (χ0n) is 12.7. The molecule has 2 N–H and O–H groups in total. The van der Waals surface area contributed by atoms with Crippen LogP contribution in [-0.2, 0) is 17.6 Å². The third kappa shape index (κ3) is 4.07. The maximum atomic E-state index is 10.5. The smallest absolute Gasteiger partial charge is 0.328 e. The van der Waals surface area contributed by atoms with Gasteiger partial charge in [-0.1, -0.05) is 36.4 Å². The van der Waals surface area contributed by atoms with Crippen molar-refractivity contribution in [3.8, 4) is 0 Å². The molecule has 0 spiro atoms. The molecule has 0 bridgehead atoms. The highest BCUT2D eigenvalue weighted by molar-refractivity contribution is 5.85. The summed E-state index contributed by atoms with van der Waals surface area (Å²) >= 11 is 0. The Morgan fingerprint density at radius 3 is 2.61 bits per heavy atom. The molecule has 1 heterocycles. The van der Waals surface area contributed by atoms with E-state index in [1.165, 1.54) is 5.56 Å². The minimum absolute atomic E-state index is 0.897. The summed E-state index contributed by atoms with van der Waals surface area (Å²) in [6.07, 6.45) is 5.65. The number of carbonyl (C=O) groups is 1. The predicted molar refractivity (Wildman–Crippen MR) is 91.2 cm³/mol. The first-order chi connectivity index (χ1) is 11.2. The number of H-pyrrole nitrogens is 1. The van der Waals surface area contributed by atoms with Gasteiger partial charge in [-0.15, -0.1) is 0 Å². The van der Waals surface area contributed by atoms with Crippen LogP contribution in [0.25, 0.3) is 17.1 Å². The van der Waals surface area contributed by atoms with Gasteiger partial charge in [0.25, 0.3) is 0 Å². The lowest BCUT2D eigenvalue weighted by Gasteiger charge is -2.01. The van der Waals surface area contributed by atoms with Crippen LogP contribution >= 0.6 is 0 Å². The number of aliphatic carboxylic acids is 1. The molecular formula is C19H18N2O2. The van der Waals surface area contributed by atoms with E-state index in [2.05, 4.69) is 9.97 Å². The lowest BCUT2D eigenvalue weighted by atomic mass is 10.1. The number of carboxylic acids is 1. The van der Waals surface area contributed by atoms with Gasteiger partial charge < -0.3 is 10.1 Å². The molecule has 3 rings (SSSR count). The molecular weight excluding hydrogens is 288 g/mol. The number of rotatable bonds is 6. The third-order valence-corrected chi connectivity index (χ3v) is 3.72. The van der Waals surface area contributed by atoms with Crippen LogP contribution in [0.15, 0.2) is 54.6 Å². The van der Waals surface area contributed by atoms with Gasteiger partial charge in [-0.2, -0.15) is 0 Å². The molecule has 0 atom stereocenters. The Morgan fingerprint density at radius 2 is 1.87 bits per heavy atom. The molecule has 0 amide bonds. The van der Waals surface area contributed by atoms with Gasteiger partial charge >= 0.3 is 5.97 Å². The molecule has 4 heteroatoms. The molecule has 0 aliphatic heterocycles. The number of nitrogens with zero attached hydrogens (tertiary/aromatic N) is 1. The van der Waals surface area contributed by atoms with Crippen LogP contribution in [0, 0.1) is 0 Å². The minimum atomic E-state index is -0.931. The van der Waals surface area contributed by atoms with Crippen molar-refractivity contribution in [3.05, 3.63) is 71.6 Å². The number of nitrogens with one attached hydrogen (secondary N) is 1. The van der Waals surface area contributed by atoms with Crippen LogP contribution in [-0.4, -0.2) is 21.0 Å². The van der Waals surface area contributed by atoms with Crippen LogP contribution in [0.1, 0.15) is 23.4 Å². The van der Waals surface area contributed by atoms with Crippen LogP contribution in [0.2, 0.25) is 0 Å². The van der Waals surface area contributed by atoms with Crippen molar-refractivity contribution in [3.63, 3.8) is 0 Å². The van der Waals surface area contributed by atoms with E-state index < -0.39 is 5.97 Å². The predicted octanol–water partition coefficient (Wildman–Crippen LogP) is 3.84. The van der Waals surface area contributed by atoms with Gasteiger partial charge in [0.1, 0.15) is 5.82 Å². The molecule has 1 aromatic heterocycles. The van der Waals surface area contributed by atoms with Crippen molar-refractivity contribution in [2.45, 2.75) is 19.3 Å². The topological polar surface area (TPSA) is 66.0 Å². The first-order valence-electron chi connectivity index (χ1n) is 7.64. The average Bonchev–Trinajstić information content (AvgIpc) is 2.97. The van der Waals surface area contributed by atoms with E-state index in [0.717, 1.165) is 47.8 Å². The maximum absolute atomic E-state index is 10.5. The number of imidazole rings is 1. The van der Waals surface area contributed by atoms with Gasteiger partial charge in [0.2, 0.25) is 0 Å². The fraction of sp³-hybridized carbons (Fsp3) is 0.158. The summed E-state index contributed by atoms with van der Waals surface area (Å²) < 4.78 is 0. The molecule has 3 aromatic rings. The Kier molecular flexibility index (Phi) is 4.52. The Bertz CT molecular complexity index is 799. The molecule has 0 saturated heterocycles. The number of para-hydroxylation sites is 2. The highest BCUT2D eigenvalue weighted by Crippen LogP contribution is 2.13. The number of aromatic amines is 1. The van der Waals surface area contributed by atoms with Gasteiger partial charge in [0.15, 0.2) is 0 Å². The van der Waals surface area contributed by atoms with Crippen molar-refractivity contribution in [1.82, 2.24) is 9.97 Å². The van der Waals surface area contributed by atoms with Crippen LogP contribution < -0.4 is 0 Å². The largest absolute Gasteiger partial charge is 0.478 e. The van der Waals surface area contributed by atoms with Gasteiger partial charge in [-0.05, 0) is 42.2 Å². The van der Waals surface area contributed by atoms with Crippen molar-refractivity contribution < 1.29 is 9.90 Å². The monoisotopic (exact) mass is 306 g/mol. The summed E-state index contributed by atoms with van der Waals surface area (Å²) in [6.45, 7) is 0. The fourth-order valence-corrected chi connectivity index (χ4v) is 2.55. The number of aromatic nitrogens is 2. The Balaban J connectivity index is 1.55. The molecule has 23 heavy (non-hydrogen) atoms. The van der Waals surface area contributed by atoms with Gasteiger partial charge in [0.05, 0.1) is 11.0 Å². The lowest BCUT2D eigenvalue weighted by molar-refractivity contribution is -0.131. The second-order valence-electron chi connectivity index (χ2n) is 5.47. The van der Waals surface area contributed by atoms with Crippen LogP contribution in [0.4, 0.5) is 0 Å². The lowest BCUT2D eigenvalue weighted by Crippen LogP contribution is -1.92. The number of carboxylic acid groups (broad SMARTS) is 1. The maximum Gasteiger partial charge on any atom is 0.328 e. The second-order valence-corrected chi connectivity index (χ2v) is 5.47. The van der Waals surface area contributed by atoms with Crippen LogP contribution in [0.5, 0.6) is 0 Å². The molecule has 4 nitrogen and oxygen atoms in total. The Labute approximate surface area is 134 Å². The summed E-state index contributed by atoms with van der Waals surface area (Å²) in [5.74, 6) is 0.0899. The van der Waals surface area contributed by atoms with Gasteiger partial charge in [0, 0.05) is 12.5 Å². The summed E-state index contributed by atoms with van der Waals surface area (Å²) in [7, 11) is 0. The SMILES string of the molecule is O=C(O)C=Cc1ccc(CCCc2nc3ccccc3[nH]2)cc1. The summed E-state index contributed by atoms with van der Waals surface area (Å²) in [4.78, 5) is 18.4. The molecule has 0 radical (unpaired) electrons. The summed E-state index contributed by atoms with van der Waals surface area (Å²) in [5, 5.41) is 8.61. The normalized spacial score (nSPS) is 11.3. The van der Waals surface area contributed by atoms with Crippen molar-refractivity contribution in [2.24, 2.45) is 0 Å².